The first kappa shape index (κ1) is 29.8. The van der Waals surface area contributed by atoms with E-state index in [-0.39, 0.29) is 5.29 Å². The predicted octanol–water partition coefficient (Wildman–Crippen LogP) is 5.56. The molecule has 0 saturated heterocycles. The average Bonchev–Trinajstić information content (AvgIpc) is 2.97. The molecule has 0 fully saturated rings. The molecular weight excluding hydrogens is 586 g/mol. The third kappa shape index (κ3) is 6.40. The minimum Gasteiger partial charge on any atom is -0.465 e. The van der Waals surface area contributed by atoms with Crippen LogP contribution in [-0.2, 0) is 14.3 Å². The molecule has 5 nitrogen and oxygen atoms in total. The van der Waals surface area contributed by atoms with E-state index in [1.165, 1.54) is 7.11 Å². The number of carbonyl (C=O) groups is 2. The van der Waals surface area contributed by atoms with Crippen molar-refractivity contribution in [3.05, 3.63) is 121 Å². The molecule has 0 saturated carbocycles. The van der Waals surface area contributed by atoms with Crippen LogP contribution in [-0.4, -0.2) is 34.2 Å². The van der Waals surface area contributed by atoms with E-state index in [1.807, 2.05) is 122 Å². The van der Waals surface area contributed by atoms with Crippen LogP contribution in [0, 0.1) is 6.92 Å². The lowest BCUT2D eigenvalue weighted by molar-refractivity contribution is -0.133. The summed E-state index contributed by atoms with van der Waals surface area (Å²) in [6, 6.07) is 35.9. The topological polar surface area (TPSA) is 67.4 Å². The number of rotatable bonds is 8. The number of hydrogen-bond acceptors (Lipinski definition) is 4. The fourth-order valence-corrected chi connectivity index (χ4v) is 9.07. The fourth-order valence-electron chi connectivity index (χ4n) is 4.48. The summed E-state index contributed by atoms with van der Waals surface area (Å²) in [5, 5.41) is 8.17. The summed E-state index contributed by atoms with van der Waals surface area (Å²) >= 11 is 19.0. The molecule has 206 valence electrons. The minimum absolute atomic E-state index is 0.0800. The Morgan fingerprint density at radius 3 is 1.52 bits per heavy atom. The van der Waals surface area contributed by atoms with Crippen molar-refractivity contribution in [1.29, 1.82) is 0 Å². The summed E-state index contributed by atoms with van der Waals surface area (Å²) in [6.07, 6.45) is -1.18. The van der Waals surface area contributed by atoms with Crippen molar-refractivity contribution >= 4 is 80.5 Å². The molecule has 0 heterocycles. The second-order valence-corrected chi connectivity index (χ2v) is 14.7. The molecule has 1 atom stereocenters. The number of ether oxygens (including phenoxy) is 1. The Bertz CT molecular complexity index is 1410. The molecule has 0 aliphatic heterocycles. The van der Waals surface area contributed by atoms with Gasteiger partial charge in [0.1, 0.15) is 11.5 Å². The van der Waals surface area contributed by atoms with Gasteiger partial charge in [0.05, 0.1) is 7.11 Å². The molecule has 0 bridgehead atoms. The van der Waals surface area contributed by atoms with E-state index in [0.717, 1.165) is 21.5 Å². The van der Waals surface area contributed by atoms with Gasteiger partial charge in [0.2, 0.25) is 3.79 Å². The van der Waals surface area contributed by atoms with Crippen LogP contribution >= 0.6 is 41.7 Å². The van der Waals surface area contributed by atoms with Crippen LogP contribution in [0.3, 0.4) is 0 Å². The van der Waals surface area contributed by atoms with E-state index in [9.17, 15) is 9.59 Å². The van der Waals surface area contributed by atoms with Gasteiger partial charge in [-0.25, -0.2) is 4.79 Å². The highest BCUT2D eigenvalue weighted by atomic mass is 35.6. The molecule has 0 radical (unpaired) electrons. The normalized spacial score (nSPS) is 12.2. The van der Waals surface area contributed by atoms with Crippen LogP contribution in [0.5, 0.6) is 0 Å². The Morgan fingerprint density at radius 1 is 0.725 bits per heavy atom. The summed E-state index contributed by atoms with van der Waals surface area (Å²) in [7, 11) is 1.25. The SMILES string of the molecule is COC(=O)C(C(=O)NC(Nc1ccc(C)cc1)C(Cl)(Cl)Cl)=P(c1ccccc1)(c1ccccc1)c1ccccc1. The Hall–Kier alpha value is -3.21. The molecule has 40 heavy (non-hydrogen) atoms. The van der Waals surface area contributed by atoms with Crippen LogP contribution in [0.25, 0.3) is 0 Å². The lowest BCUT2D eigenvalue weighted by atomic mass is 10.2. The van der Waals surface area contributed by atoms with Gasteiger partial charge in [-0.05, 0) is 41.9 Å². The Kier molecular flexibility index (Phi) is 9.65. The monoisotopic (exact) mass is 612 g/mol. The van der Waals surface area contributed by atoms with Crippen LogP contribution in [0.2, 0.25) is 0 Å². The number of esters is 1. The third-order valence-corrected chi connectivity index (χ3v) is 11.3. The van der Waals surface area contributed by atoms with Crippen LogP contribution in [0.1, 0.15) is 5.56 Å². The van der Waals surface area contributed by atoms with E-state index >= 15 is 0 Å². The summed E-state index contributed by atoms with van der Waals surface area (Å²) < 4.78 is 3.31. The number of amides is 1. The van der Waals surface area contributed by atoms with Crippen molar-refractivity contribution in [2.45, 2.75) is 16.9 Å². The van der Waals surface area contributed by atoms with Crippen molar-refractivity contribution in [2.75, 3.05) is 12.4 Å². The van der Waals surface area contributed by atoms with Gasteiger partial charge in [0, 0.05) is 5.69 Å². The largest absolute Gasteiger partial charge is 0.465 e. The number of alkyl halides is 3. The van der Waals surface area contributed by atoms with Crippen LogP contribution in [0.15, 0.2) is 115 Å². The maximum absolute atomic E-state index is 14.4. The van der Waals surface area contributed by atoms with E-state index in [2.05, 4.69) is 10.6 Å². The molecule has 4 aromatic rings. The number of halogens is 3. The lowest BCUT2D eigenvalue weighted by Gasteiger charge is -2.33. The maximum atomic E-state index is 14.4. The first-order valence-electron chi connectivity index (χ1n) is 12.4. The number of methoxy groups -OCH3 is 1. The predicted molar refractivity (Wildman–Crippen MR) is 169 cm³/mol. The van der Waals surface area contributed by atoms with E-state index in [1.54, 1.807) is 0 Å². The summed E-state index contributed by atoms with van der Waals surface area (Å²) in [4.78, 5) is 28.1. The third-order valence-electron chi connectivity index (χ3n) is 6.33. The molecule has 0 aliphatic carbocycles. The number of anilines is 1. The van der Waals surface area contributed by atoms with Crippen molar-refractivity contribution < 1.29 is 14.3 Å². The lowest BCUT2D eigenvalue weighted by Crippen LogP contribution is -2.53. The van der Waals surface area contributed by atoms with Gasteiger partial charge >= 0.3 is 5.97 Å². The van der Waals surface area contributed by atoms with Gasteiger partial charge in [0.25, 0.3) is 5.91 Å². The van der Waals surface area contributed by atoms with Crippen molar-refractivity contribution in [1.82, 2.24) is 5.32 Å². The van der Waals surface area contributed by atoms with Crippen LogP contribution < -0.4 is 26.5 Å². The second-order valence-electron chi connectivity index (χ2n) is 8.98. The number of aryl methyl sites for hydroxylation is 1. The highest BCUT2D eigenvalue weighted by Crippen LogP contribution is 2.46. The standard InChI is InChI=1S/C31H28Cl3N2O3P/c1-22-18-20-23(21-19-22)35-30(31(32,33)34)36-28(37)27(29(38)39-2)40(24-12-6-3-7-13-24,25-14-8-4-9-15-25)26-16-10-5-11-17-26/h3-21,30,35H,1-2H3,(H,36,37). The zero-order valence-corrected chi connectivity index (χ0v) is 25.0. The number of hydrogen-bond donors (Lipinski definition) is 2. The smallest absolute Gasteiger partial charge is 0.344 e. The molecule has 1 amide bonds. The number of nitrogens with one attached hydrogen (secondary N) is 2. The number of carbonyl (C=O) groups excluding carboxylic acids is 2. The molecule has 4 rings (SSSR count). The quantitative estimate of drug-likeness (QED) is 0.0898. The average molecular weight is 614 g/mol. The first-order valence-corrected chi connectivity index (χ1v) is 15.3. The molecule has 0 aliphatic rings. The molecule has 0 spiro atoms. The zero-order valence-electron chi connectivity index (χ0n) is 21.9. The van der Waals surface area contributed by atoms with Gasteiger partial charge in [0.15, 0.2) is 0 Å². The van der Waals surface area contributed by atoms with E-state index in [4.69, 9.17) is 39.5 Å². The molecular formula is C31H28Cl3N2O3P. The summed E-state index contributed by atoms with van der Waals surface area (Å²) in [5.74, 6) is -1.49. The van der Waals surface area contributed by atoms with Gasteiger partial charge in [-0.15, -0.1) is 0 Å². The van der Waals surface area contributed by atoms with Gasteiger partial charge in [-0.2, -0.15) is 0 Å². The Morgan fingerprint density at radius 2 is 1.15 bits per heavy atom. The second kappa shape index (κ2) is 13.0. The van der Waals surface area contributed by atoms with Crippen molar-refractivity contribution in [3.8, 4) is 0 Å². The molecule has 9 heteroatoms. The van der Waals surface area contributed by atoms with Gasteiger partial charge in [-0.3, -0.25) is 4.79 Å². The van der Waals surface area contributed by atoms with Crippen molar-refractivity contribution in [3.63, 3.8) is 0 Å². The van der Waals surface area contributed by atoms with E-state index < -0.39 is 28.7 Å². The maximum Gasteiger partial charge on any atom is 0.344 e. The molecule has 1 unspecified atom stereocenters. The van der Waals surface area contributed by atoms with E-state index in [0.29, 0.717) is 5.69 Å². The summed E-state index contributed by atoms with van der Waals surface area (Å²) in [5.41, 5.74) is 1.67. The Balaban J connectivity index is 2.02. The summed E-state index contributed by atoms with van der Waals surface area (Å²) in [6.45, 7) is -1.16. The number of benzene rings is 4. The molecule has 2 N–H and O–H groups in total. The highest BCUT2D eigenvalue weighted by Gasteiger charge is 2.41. The van der Waals surface area contributed by atoms with Gasteiger partial charge in [-0.1, -0.05) is 143 Å². The highest BCUT2D eigenvalue weighted by molar-refractivity contribution is 7.97. The van der Waals surface area contributed by atoms with Crippen molar-refractivity contribution in [2.24, 2.45) is 0 Å². The molecule has 4 aromatic carbocycles. The van der Waals surface area contributed by atoms with Gasteiger partial charge < -0.3 is 15.4 Å². The minimum atomic E-state index is -3.12. The van der Waals surface area contributed by atoms with Crippen LogP contribution in [0.4, 0.5) is 5.69 Å². The fraction of sp³-hybridized carbons (Fsp3) is 0.129. The molecule has 0 aromatic heterocycles. The Labute approximate surface area is 249 Å². The zero-order chi connectivity index (χ0) is 28.8. The first-order chi connectivity index (χ1) is 19.2.